The molecule has 2 rings (SSSR count). The van der Waals surface area contributed by atoms with E-state index in [1.54, 1.807) is 0 Å². The highest BCUT2D eigenvalue weighted by Gasteiger charge is 2.33. The molecule has 0 saturated carbocycles. The van der Waals surface area contributed by atoms with Gasteiger partial charge in [-0.2, -0.15) is 5.10 Å². The zero-order valence-electron chi connectivity index (χ0n) is 6.08. The number of fused-ring (bicyclic) bond motifs is 1. The number of hydrazone groups is 1. The average molecular weight is 139 g/mol. The summed E-state index contributed by atoms with van der Waals surface area (Å²) in [6.45, 7) is 2.43. The largest absolute Gasteiger partial charge is 0.323 e. The second-order valence-electron chi connectivity index (χ2n) is 3.06. The molecule has 1 atom stereocenters. The standard InChI is InChI=1S/C7H13N3/c8-9-6-3-5-10-4-1-2-7(6)10/h7H,1-5,8H2/b9-6+. The molecule has 2 N–H and O–H groups in total. The van der Waals surface area contributed by atoms with Gasteiger partial charge in [-0.25, -0.2) is 0 Å². The number of rotatable bonds is 0. The molecular weight excluding hydrogens is 126 g/mol. The molecule has 56 valence electrons. The first-order chi connectivity index (χ1) is 4.92. The maximum atomic E-state index is 5.25. The SMILES string of the molecule is N/N=C1\CCN2CCCC12. The highest BCUT2D eigenvalue weighted by atomic mass is 15.2. The van der Waals surface area contributed by atoms with E-state index in [1.165, 1.54) is 31.6 Å². The van der Waals surface area contributed by atoms with Crippen LogP contribution in [-0.4, -0.2) is 29.7 Å². The molecule has 0 spiro atoms. The maximum Gasteiger partial charge on any atom is 0.0560 e. The lowest BCUT2D eigenvalue weighted by Crippen LogP contribution is -2.26. The van der Waals surface area contributed by atoms with Crippen LogP contribution in [0, 0.1) is 0 Å². The number of hydrogen-bond donors (Lipinski definition) is 1. The Morgan fingerprint density at radius 1 is 1.50 bits per heavy atom. The molecule has 1 unspecified atom stereocenters. The molecule has 3 heteroatoms. The smallest absolute Gasteiger partial charge is 0.0560 e. The first-order valence-electron chi connectivity index (χ1n) is 3.92. The quantitative estimate of drug-likeness (QED) is 0.384. The molecule has 2 fully saturated rings. The van der Waals surface area contributed by atoms with Crippen LogP contribution in [-0.2, 0) is 0 Å². The lowest BCUT2D eigenvalue weighted by molar-refractivity contribution is 0.346. The minimum Gasteiger partial charge on any atom is -0.323 e. The van der Waals surface area contributed by atoms with Gasteiger partial charge in [-0.1, -0.05) is 0 Å². The Morgan fingerprint density at radius 2 is 2.40 bits per heavy atom. The molecule has 2 heterocycles. The third-order valence-corrected chi connectivity index (χ3v) is 2.57. The van der Waals surface area contributed by atoms with Crippen molar-refractivity contribution in [3.05, 3.63) is 0 Å². The molecule has 2 aliphatic heterocycles. The third-order valence-electron chi connectivity index (χ3n) is 2.57. The fourth-order valence-electron chi connectivity index (χ4n) is 2.05. The first kappa shape index (κ1) is 6.16. The van der Waals surface area contributed by atoms with Gasteiger partial charge in [0.1, 0.15) is 0 Å². The van der Waals surface area contributed by atoms with Gasteiger partial charge in [0.15, 0.2) is 0 Å². The van der Waals surface area contributed by atoms with Crippen LogP contribution in [0.5, 0.6) is 0 Å². The van der Waals surface area contributed by atoms with Gasteiger partial charge in [0.2, 0.25) is 0 Å². The minimum absolute atomic E-state index is 0.616. The molecule has 0 radical (unpaired) electrons. The van der Waals surface area contributed by atoms with E-state index in [2.05, 4.69) is 10.0 Å². The zero-order valence-corrected chi connectivity index (χ0v) is 6.08. The molecule has 3 nitrogen and oxygen atoms in total. The van der Waals surface area contributed by atoms with Crippen molar-refractivity contribution in [1.82, 2.24) is 4.90 Å². The van der Waals surface area contributed by atoms with Gasteiger partial charge >= 0.3 is 0 Å². The number of nitrogens with zero attached hydrogens (tertiary/aromatic N) is 2. The molecule has 0 aromatic heterocycles. The van der Waals surface area contributed by atoms with E-state index in [1.807, 2.05) is 0 Å². The second kappa shape index (κ2) is 2.23. The third kappa shape index (κ3) is 0.736. The molecule has 0 bridgehead atoms. The van der Waals surface area contributed by atoms with Crippen molar-refractivity contribution >= 4 is 5.71 Å². The van der Waals surface area contributed by atoms with Crippen molar-refractivity contribution in [2.24, 2.45) is 10.9 Å². The van der Waals surface area contributed by atoms with Crippen LogP contribution >= 0.6 is 0 Å². The summed E-state index contributed by atoms with van der Waals surface area (Å²) in [5, 5.41) is 3.81. The summed E-state index contributed by atoms with van der Waals surface area (Å²) in [5.41, 5.74) is 1.22. The fraction of sp³-hybridized carbons (Fsp3) is 0.857. The van der Waals surface area contributed by atoms with Crippen molar-refractivity contribution in [2.45, 2.75) is 25.3 Å². The lowest BCUT2D eigenvalue weighted by atomic mass is 10.1. The molecule has 0 amide bonds. The zero-order chi connectivity index (χ0) is 6.97. The number of nitrogens with two attached hydrogens (primary N) is 1. The summed E-state index contributed by atoms with van der Waals surface area (Å²) in [6, 6.07) is 0.616. The van der Waals surface area contributed by atoms with E-state index in [4.69, 9.17) is 5.84 Å². The summed E-state index contributed by atoms with van der Waals surface area (Å²) in [7, 11) is 0. The van der Waals surface area contributed by atoms with Crippen molar-refractivity contribution < 1.29 is 0 Å². The van der Waals surface area contributed by atoms with Gasteiger partial charge < -0.3 is 5.84 Å². The highest BCUT2D eigenvalue weighted by molar-refractivity contribution is 5.91. The van der Waals surface area contributed by atoms with E-state index in [-0.39, 0.29) is 0 Å². The molecular formula is C7H13N3. The molecule has 2 aliphatic rings. The summed E-state index contributed by atoms with van der Waals surface area (Å²) >= 11 is 0. The van der Waals surface area contributed by atoms with Crippen LogP contribution in [0.3, 0.4) is 0 Å². The second-order valence-corrected chi connectivity index (χ2v) is 3.06. The van der Waals surface area contributed by atoms with Gasteiger partial charge in [0, 0.05) is 19.0 Å². The van der Waals surface area contributed by atoms with Crippen molar-refractivity contribution in [2.75, 3.05) is 13.1 Å². The van der Waals surface area contributed by atoms with Crippen LogP contribution in [0.15, 0.2) is 5.10 Å². The van der Waals surface area contributed by atoms with Gasteiger partial charge in [0.05, 0.1) is 5.71 Å². The van der Waals surface area contributed by atoms with Crippen LogP contribution in [0.1, 0.15) is 19.3 Å². The van der Waals surface area contributed by atoms with Crippen molar-refractivity contribution in [1.29, 1.82) is 0 Å². The summed E-state index contributed by atoms with van der Waals surface area (Å²) in [5.74, 6) is 5.25. The van der Waals surface area contributed by atoms with Crippen molar-refractivity contribution in [3.63, 3.8) is 0 Å². The molecule has 2 saturated heterocycles. The lowest BCUT2D eigenvalue weighted by Gasteiger charge is -2.12. The average Bonchev–Trinajstić information content (AvgIpc) is 2.44. The number of hydrogen-bond acceptors (Lipinski definition) is 3. The summed E-state index contributed by atoms with van der Waals surface area (Å²) in [6.07, 6.45) is 3.70. The van der Waals surface area contributed by atoms with Crippen LogP contribution in [0.2, 0.25) is 0 Å². The summed E-state index contributed by atoms with van der Waals surface area (Å²) < 4.78 is 0. The fourth-order valence-corrected chi connectivity index (χ4v) is 2.05. The van der Waals surface area contributed by atoms with Crippen LogP contribution in [0.25, 0.3) is 0 Å². The van der Waals surface area contributed by atoms with Gasteiger partial charge in [-0.15, -0.1) is 0 Å². The minimum atomic E-state index is 0.616. The summed E-state index contributed by atoms with van der Waals surface area (Å²) in [4.78, 5) is 2.48. The van der Waals surface area contributed by atoms with Crippen LogP contribution < -0.4 is 5.84 Å². The Morgan fingerprint density at radius 3 is 3.20 bits per heavy atom. The Kier molecular flexibility index (Phi) is 1.38. The van der Waals surface area contributed by atoms with Crippen LogP contribution in [0.4, 0.5) is 0 Å². The van der Waals surface area contributed by atoms with E-state index >= 15 is 0 Å². The van der Waals surface area contributed by atoms with Gasteiger partial charge in [-0.05, 0) is 19.4 Å². The van der Waals surface area contributed by atoms with Crippen molar-refractivity contribution in [3.8, 4) is 0 Å². The molecule has 0 aliphatic carbocycles. The topological polar surface area (TPSA) is 41.6 Å². The van der Waals surface area contributed by atoms with Gasteiger partial charge in [-0.3, -0.25) is 4.90 Å². The normalized spacial score (nSPS) is 37.2. The molecule has 0 aromatic rings. The van der Waals surface area contributed by atoms with E-state index in [9.17, 15) is 0 Å². The Bertz CT molecular complexity index is 164. The van der Waals surface area contributed by atoms with Gasteiger partial charge in [0.25, 0.3) is 0 Å². The Hall–Kier alpha value is -0.570. The predicted molar refractivity (Wildman–Crippen MR) is 40.8 cm³/mol. The monoisotopic (exact) mass is 139 g/mol. The first-order valence-corrected chi connectivity index (χ1v) is 3.92. The molecule has 10 heavy (non-hydrogen) atoms. The Labute approximate surface area is 60.9 Å². The van der Waals surface area contributed by atoms with E-state index in [0.717, 1.165) is 6.42 Å². The Balaban J connectivity index is 2.15. The van der Waals surface area contributed by atoms with E-state index < -0.39 is 0 Å². The molecule has 0 aromatic carbocycles. The van der Waals surface area contributed by atoms with E-state index in [0.29, 0.717) is 6.04 Å². The highest BCUT2D eigenvalue weighted by Crippen LogP contribution is 2.25. The predicted octanol–water partition coefficient (Wildman–Crippen LogP) is 0.169. The maximum absolute atomic E-state index is 5.25.